The Balaban J connectivity index is 2.02. The third-order valence-corrected chi connectivity index (χ3v) is 3.83. The summed E-state index contributed by atoms with van der Waals surface area (Å²) < 4.78 is 0. The molecule has 0 saturated carbocycles. The van der Waals surface area contributed by atoms with Gasteiger partial charge in [0.1, 0.15) is 0 Å². The molecular formula is C16H26N2O3. The monoisotopic (exact) mass is 294 g/mol. The Hall–Kier alpha value is -1.65. The largest absolute Gasteiger partial charge is 0.356 e. The molecule has 0 fully saturated rings. The quantitative estimate of drug-likeness (QED) is 0.495. The minimum absolute atomic E-state index is 0.00871. The van der Waals surface area contributed by atoms with E-state index in [0.29, 0.717) is 25.9 Å². The number of unbranched alkanes of at least 4 members (excludes halogenated alkanes) is 1. The Morgan fingerprint density at radius 3 is 2.48 bits per heavy atom. The Labute approximate surface area is 126 Å². The van der Waals surface area contributed by atoms with Crippen molar-refractivity contribution in [2.45, 2.75) is 52.4 Å². The van der Waals surface area contributed by atoms with E-state index in [1.54, 1.807) is 0 Å². The van der Waals surface area contributed by atoms with Gasteiger partial charge in [-0.3, -0.25) is 19.3 Å². The molecule has 0 aromatic heterocycles. The van der Waals surface area contributed by atoms with Crippen molar-refractivity contribution in [1.29, 1.82) is 0 Å². The second kappa shape index (κ2) is 9.32. The topological polar surface area (TPSA) is 66.5 Å². The van der Waals surface area contributed by atoms with Crippen molar-refractivity contribution in [1.82, 2.24) is 10.2 Å². The lowest BCUT2D eigenvalue weighted by Gasteiger charge is -2.13. The third kappa shape index (κ3) is 6.56. The van der Waals surface area contributed by atoms with E-state index in [4.69, 9.17) is 0 Å². The number of carbonyl (C=O) groups is 3. The van der Waals surface area contributed by atoms with E-state index >= 15 is 0 Å². The molecule has 118 valence electrons. The maximum Gasteiger partial charge on any atom is 0.253 e. The molecule has 0 bridgehead atoms. The number of amides is 3. The zero-order valence-corrected chi connectivity index (χ0v) is 13.1. The lowest BCUT2D eigenvalue weighted by atomic mass is 10.0. The van der Waals surface area contributed by atoms with E-state index in [0.717, 1.165) is 18.8 Å². The van der Waals surface area contributed by atoms with Gasteiger partial charge in [-0.2, -0.15) is 0 Å². The second-order valence-electron chi connectivity index (χ2n) is 5.62. The number of nitrogens with one attached hydrogen (secondary N) is 1. The van der Waals surface area contributed by atoms with E-state index in [1.165, 1.54) is 29.9 Å². The molecule has 21 heavy (non-hydrogen) atoms. The fourth-order valence-electron chi connectivity index (χ4n) is 2.19. The number of carbonyl (C=O) groups excluding carboxylic acids is 3. The lowest BCUT2D eigenvalue weighted by Crippen LogP contribution is -2.32. The Bertz CT molecular complexity index is 386. The third-order valence-electron chi connectivity index (χ3n) is 3.83. The van der Waals surface area contributed by atoms with Crippen LogP contribution in [-0.2, 0) is 14.4 Å². The normalized spacial score (nSPS) is 15.6. The molecule has 0 radical (unpaired) electrons. The Morgan fingerprint density at radius 1 is 1.19 bits per heavy atom. The standard InChI is InChI=1S/C16H26N2O3/c1-3-13(2)7-4-5-11-17-14(19)8-6-12-18-15(20)9-10-16(18)21/h9-10,13H,3-8,11-12H2,1-2H3,(H,17,19). The van der Waals surface area contributed by atoms with E-state index < -0.39 is 0 Å². The van der Waals surface area contributed by atoms with E-state index in [1.807, 2.05) is 0 Å². The molecule has 1 atom stereocenters. The molecule has 5 heteroatoms. The number of hydrogen-bond donors (Lipinski definition) is 1. The average molecular weight is 294 g/mol. The summed E-state index contributed by atoms with van der Waals surface area (Å²) in [5.74, 6) is 0.173. The van der Waals surface area contributed by atoms with Crippen LogP contribution in [0.5, 0.6) is 0 Å². The van der Waals surface area contributed by atoms with Gasteiger partial charge in [-0.15, -0.1) is 0 Å². The fourth-order valence-corrected chi connectivity index (χ4v) is 2.19. The van der Waals surface area contributed by atoms with Crippen molar-refractivity contribution in [2.24, 2.45) is 5.92 Å². The first-order chi connectivity index (χ1) is 10.0. The summed E-state index contributed by atoms with van der Waals surface area (Å²) in [4.78, 5) is 35.4. The fraction of sp³-hybridized carbons (Fsp3) is 0.688. The van der Waals surface area contributed by atoms with Gasteiger partial charge in [-0.25, -0.2) is 0 Å². The van der Waals surface area contributed by atoms with Crippen molar-refractivity contribution < 1.29 is 14.4 Å². The SMILES string of the molecule is CCC(C)CCCCNC(=O)CCCN1C(=O)C=CC1=O. The van der Waals surface area contributed by atoms with Crippen LogP contribution in [0.25, 0.3) is 0 Å². The van der Waals surface area contributed by atoms with Crippen LogP contribution < -0.4 is 5.32 Å². The highest BCUT2D eigenvalue weighted by molar-refractivity contribution is 6.12. The average Bonchev–Trinajstić information content (AvgIpc) is 2.78. The van der Waals surface area contributed by atoms with Crippen LogP contribution in [0.4, 0.5) is 0 Å². The van der Waals surface area contributed by atoms with Gasteiger partial charge in [0.2, 0.25) is 5.91 Å². The summed E-state index contributed by atoms with van der Waals surface area (Å²) in [6.07, 6.45) is 7.94. The van der Waals surface area contributed by atoms with E-state index in [-0.39, 0.29) is 17.7 Å². The highest BCUT2D eigenvalue weighted by Gasteiger charge is 2.22. The Kier molecular flexibility index (Phi) is 7.72. The van der Waals surface area contributed by atoms with Crippen molar-refractivity contribution in [3.05, 3.63) is 12.2 Å². The van der Waals surface area contributed by atoms with Crippen LogP contribution in [0.1, 0.15) is 52.4 Å². The maximum absolute atomic E-state index is 11.6. The lowest BCUT2D eigenvalue weighted by molar-refractivity contribution is -0.137. The molecule has 0 saturated heterocycles. The van der Waals surface area contributed by atoms with Crippen LogP contribution in [0, 0.1) is 5.92 Å². The summed E-state index contributed by atoms with van der Waals surface area (Å²) in [5.41, 5.74) is 0. The highest BCUT2D eigenvalue weighted by Crippen LogP contribution is 2.10. The predicted molar refractivity (Wildman–Crippen MR) is 81.4 cm³/mol. The number of imide groups is 1. The van der Waals surface area contributed by atoms with Crippen LogP contribution in [0.3, 0.4) is 0 Å². The predicted octanol–water partition coefficient (Wildman–Crippen LogP) is 2.02. The zero-order chi connectivity index (χ0) is 15.7. The molecular weight excluding hydrogens is 268 g/mol. The van der Waals surface area contributed by atoms with Gasteiger partial charge in [-0.1, -0.05) is 33.1 Å². The van der Waals surface area contributed by atoms with Gasteiger partial charge in [-0.05, 0) is 18.8 Å². The smallest absolute Gasteiger partial charge is 0.253 e. The highest BCUT2D eigenvalue weighted by atomic mass is 16.2. The van der Waals surface area contributed by atoms with Gasteiger partial charge >= 0.3 is 0 Å². The van der Waals surface area contributed by atoms with Crippen LogP contribution >= 0.6 is 0 Å². The van der Waals surface area contributed by atoms with Gasteiger partial charge in [0.05, 0.1) is 0 Å². The van der Waals surface area contributed by atoms with Crippen molar-refractivity contribution in [3.8, 4) is 0 Å². The number of hydrogen-bond acceptors (Lipinski definition) is 3. The molecule has 1 rings (SSSR count). The molecule has 1 aliphatic heterocycles. The first-order valence-corrected chi connectivity index (χ1v) is 7.84. The Morgan fingerprint density at radius 2 is 1.86 bits per heavy atom. The van der Waals surface area contributed by atoms with Crippen LogP contribution in [0.2, 0.25) is 0 Å². The maximum atomic E-state index is 11.6. The van der Waals surface area contributed by atoms with Crippen molar-refractivity contribution in [2.75, 3.05) is 13.1 Å². The van der Waals surface area contributed by atoms with Crippen LogP contribution in [-0.4, -0.2) is 35.7 Å². The minimum Gasteiger partial charge on any atom is -0.356 e. The van der Waals surface area contributed by atoms with Gasteiger partial charge < -0.3 is 5.32 Å². The van der Waals surface area contributed by atoms with E-state index in [9.17, 15) is 14.4 Å². The molecule has 1 N–H and O–H groups in total. The molecule has 0 aromatic rings. The molecule has 0 aromatic carbocycles. The molecule has 5 nitrogen and oxygen atoms in total. The molecule has 1 aliphatic rings. The molecule has 1 unspecified atom stereocenters. The zero-order valence-electron chi connectivity index (χ0n) is 13.1. The summed E-state index contributed by atoms with van der Waals surface area (Å²) in [6, 6.07) is 0. The van der Waals surface area contributed by atoms with E-state index in [2.05, 4.69) is 19.2 Å². The van der Waals surface area contributed by atoms with Crippen molar-refractivity contribution in [3.63, 3.8) is 0 Å². The van der Waals surface area contributed by atoms with Gasteiger partial charge in [0.15, 0.2) is 0 Å². The summed E-state index contributed by atoms with van der Waals surface area (Å²) in [5, 5.41) is 2.88. The van der Waals surface area contributed by atoms with Crippen molar-refractivity contribution >= 4 is 17.7 Å². The van der Waals surface area contributed by atoms with Crippen LogP contribution in [0.15, 0.2) is 12.2 Å². The first-order valence-electron chi connectivity index (χ1n) is 7.84. The van der Waals surface area contributed by atoms with Gasteiger partial charge in [0, 0.05) is 31.7 Å². The number of rotatable bonds is 10. The second-order valence-corrected chi connectivity index (χ2v) is 5.62. The summed E-state index contributed by atoms with van der Waals surface area (Å²) in [7, 11) is 0. The molecule has 3 amide bonds. The summed E-state index contributed by atoms with van der Waals surface area (Å²) in [6.45, 7) is 5.46. The molecule has 0 aliphatic carbocycles. The molecule has 0 spiro atoms. The molecule has 1 heterocycles. The number of nitrogens with zero attached hydrogens (tertiary/aromatic N) is 1. The first kappa shape index (κ1) is 17.4. The van der Waals surface area contributed by atoms with Gasteiger partial charge in [0.25, 0.3) is 11.8 Å². The summed E-state index contributed by atoms with van der Waals surface area (Å²) >= 11 is 0. The minimum atomic E-state index is -0.287.